The van der Waals surface area contributed by atoms with Crippen molar-refractivity contribution in [2.45, 2.75) is 31.6 Å². The molecule has 1 aromatic rings. The SMILES string of the molecule is COP(=O)(OC)C1(C)CCCN1Cc1ccccc1. The Hall–Kier alpha value is -0.670. The third-order valence-corrected chi connectivity index (χ3v) is 6.69. The van der Waals surface area contributed by atoms with Crippen LogP contribution in [0.3, 0.4) is 0 Å². The molecule has 1 unspecified atom stereocenters. The van der Waals surface area contributed by atoms with Crippen molar-refractivity contribution in [1.82, 2.24) is 4.90 Å². The second kappa shape index (κ2) is 5.76. The summed E-state index contributed by atoms with van der Waals surface area (Å²) in [5.74, 6) is 0. The van der Waals surface area contributed by atoms with Crippen LogP contribution >= 0.6 is 7.60 Å². The van der Waals surface area contributed by atoms with Crippen LogP contribution in [0.25, 0.3) is 0 Å². The molecule has 5 heteroatoms. The van der Waals surface area contributed by atoms with Crippen molar-refractivity contribution >= 4 is 7.60 Å². The van der Waals surface area contributed by atoms with Gasteiger partial charge in [-0.25, -0.2) is 0 Å². The van der Waals surface area contributed by atoms with Gasteiger partial charge in [-0.2, -0.15) is 0 Å². The van der Waals surface area contributed by atoms with E-state index in [0.29, 0.717) is 0 Å². The maximum Gasteiger partial charge on any atom is 0.349 e. The third-order valence-electron chi connectivity index (χ3n) is 4.05. The average Bonchev–Trinajstić information content (AvgIpc) is 2.82. The lowest BCUT2D eigenvalue weighted by Gasteiger charge is -2.38. The predicted octanol–water partition coefficient (Wildman–Crippen LogP) is 3.48. The molecule has 0 spiro atoms. The Kier molecular flexibility index (Phi) is 4.46. The molecular formula is C14H22NO3P. The van der Waals surface area contributed by atoms with Gasteiger partial charge < -0.3 is 9.05 Å². The van der Waals surface area contributed by atoms with E-state index < -0.39 is 12.9 Å². The van der Waals surface area contributed by atoms with Crippen LogP contribution < -0.4 is 0 Å². The van der Waals surface area contributed by atoms with E-state index in [-0.39, 0.29) is 0 Å². The molecule has 1 heterocycles. The van der Waals surface area contributed by atoms with E-state index in [1.807, 2.05) is 25.1 Å². The minimum absolute atomic E-state index is 0.535. The molecule has 0 bridgehead atoms. The second-order valence-electron chi connectivity index (χ2n) is 5.09. The molecule has 1 aliphatic rings. The molecule has 0 aromatic heterocycles. The van der Waals surface area contributed by atoms with Crippen LogP contribution in [0.1, 0.15) is 25.3 Å². The number of hydrogen-bond acceptors (Lipinski definition) is 4. The summed E-state index contributed by atoms with van der Waals surface area (Å²) >= 11 is 0. The van der Waals surface area contributed by atoms with Gasteiger partial charge in [0.1, 0.15) is 5.28 Å². The molecule has 1 fully saturated rings. The lowest BCUT2D eigenvalue weighted by molar-refractivity contribution is 0.156. The fourth-order valence-corrected chi connectivity index (χ4v) is 4.72. The summed E-state index contributed by atoms with van der Waals surface area (Å²) in [6, 6.07) is 10.2. The van der Waals surface area contributed by atoms with Gasteiger partial charge in [-0.15, -0.1) is 0 Å². The van der Waals surface area contributed by atoms with Gasteiger partial charge in [0.15, 0.2) is 0 Å². The lowest BCUT2D eigenvalue weighted by Crippen LogP contribution is -2.41. The number of nitrogens with zero attached hydrogens (tertiary/aromatic N) is 1. The fourth-order valence-electron chi connectivity index (χ4n) is 2.83. The zero-order valence-corrected chi connectivity index (χ0v) is 12.7. The average molecular weight is 283 g/mol. The van der Waals surface area contributed by atoms with Crippen molar-refractivity contribution in [2.24, 2.45) is 0 Å². The quantitative estimate of drug-likeness (QED) is 0.775. The van der Waals surface area contributed by atoms with E-state index in [9.17, 15) is 4.57 Å². The van der Waals surface area contributed by atoms with Crippen molar-refractivity contribution in [3.05, 3.63) is 35.9 Å². The zero-order valence-electron chi connectivity index (χ0n) is 11.8. The maximum atomic E-state index is 12.8. The van der Waals surface area contributed by atoms with Crippen LogP contribution in [-0.4, -0.2) is 30.9 Å². The van der Waals surface area contributed by atoms with Crippen LogP contribution in [-0.2, 0) is 20.2 Å². The molecule has 0 saturated carbocycles. The molecule has 19 heavy (non-hydrogen) atoms. The molecule has 0 amide bonds. The lowest BCUT2D eigenvalue weighted by atomic mass is 10.2. The topological polar surface area (TPSA) is 38.8 Å². The van der Waals surface area contributed by atoms with Gasteiger partial charge >= 0.3 is 7.60 Å². The minimum atomic E-state index is -3.11. The van der Waals surface area contributed by atoms with E-state index in [2.05, 4.69) is 17.0 Å². The van der Waals surface area contributed by atoms with Crippen molar-refractivity contribution in [1.29, 1.82) is 0 Å². The highest BCUT2D eigenvalue weighted by Gasteiger charge is 2.52. The Morgan fingerprint density at radius 3 is 2.47 bits per heavy atom. The van der Waals surface area contributed by atoms with Gasteiger partial charge in [-0.3, -0.25) is 9.46 Å². The van der Waals surface area contributed by atoms with Crippen LogP contribution in [0.5, 0.6) is 0 Å². The number of hydrogen-bond donors (Lipinski definition) is 0. The third kappa shape index (κ3) is 2.63. The van der Waals surface area contributed by atoms with Gasteiger partial charge in [-0.05, 0) is 31.9 Å². The zero-order chi connectivity index (χ0) is 13.9. The molecule has 106 valence electrons. The van der Waals surface area contributed by atoms with Crippen LogP contribution in [0.4, 0.5) is 0 Å². The van der Waals surface area contributed by atoms with Crippen LogP contribution in [0.15, 0.2) is 30.3 Å². The van der Waals surface area contributed by atoms with E-state index in [4.69, 9.17) is 9.05 Å². The minimum Gasteiger partial charge on any atom is -0.311 e. The Labute approximate surface area is 115 Å². The highest BCUT2D eigenvalue weighted by molar-refractivity contribution is 7.55. The predicted molar refractivity (Wildman–Crippen MR) is 76.1 cm³/mol. The summed E-state index contributed by atoms with van der Waals surface area (Å²) in [6.45, 7) is 3.67. The van der Waals surface area contributed by atoms with Crippen LogP contribution in [0, 0.1) is 0 Å². The van der Waals surface area contributed by atoms with Gasteiger partial charge in [0, 0.05) is 20.8 Å². The number of likely N-dealkylation sites (tertiary alicyclic amines) is 1. The Morgan fingerprint density at radius 1 is 1.26 bits per heavy atom. The molecule has 1 atom stereocenters. The summed E-state index contributed by atoms with van der Waals surface area (Å²) in [7, 11) is -0.174. The molecule has 1 aromatic carbocycles. The monoisotopic (exact) mass is 283 g/mol. The Morgan fingerprint density at radius 2 is 1.89 bits per heavy atom. The van der Waals surface area contributed by atoms with E-state index in [0.717, 1.165) is 25.9 Å². The van der Waals surface area contributed by atoms with Crippen molar-refractivity contribution in [2.75, 3.05) is 20.8 Å². The smallest absolute Gasteiger partial charge is 0.311 e. The van der Waals surface area contributed by atoms with E-state index >= 15 is 0 Å². The van der Waals surface area contributed by atoms with Gasteiger partial charge in [0.2, 0.25) is 0 Å². The Balaban J connectivity index is 2.23. The normalized spacial score (nSPS) is 24.8. The van der Waals surface area contributed by atoms with Crippen molar-refractivity contribution < 1.29 is 13.6 Å². The molecule has 1 aliphatic heterocycles. The maximum absolute atomic E-state index is 12.8. The molecule has 0 aliphatic carbocycles. The summed E-state index contributed by atoms with van der Waals surface area (Å²) in [5, 5.41) is -0.535. The molecular weight excluding hydrogens is 261 g/mol. The summed E-state index contributed by atoms with van der Waals surface area (Å²) in [5.41, 5.74) is 1.22. The first kappa shape index (κ1) is 14.7. The van der Waals surface area contributed by atoms with Crippen molar-refractivity contribution in [3.63, 3.8) is 0 Å². The van der Waals surface area contributed by atoms with Crippen molar-refractivity contribution in [3.8, 4) is 0 Å². The summed E-state index contributed by atoms with van der Waals surface area (Å²) < 4.78 is 23.3. The first-order valence-corrected chi connectivity index (χ1v) is 8.10. The van der Waals surface area contributed by atoms with E-state index in [1.54, 1.807) is 0 Å². The number of rotatable bonds is 5. The first-order valence-electron chi connectivity index (χ1n) is 6.56. The van der Waals surface area contributed by atoms with Gasteiger partial charge in [0.25, 0.3) is 0 Å². The largest absolute Gasteiger partial charge is 0.349 e. The first-order chi connectivity index (χ1) is 9.05. The van der Waals surface area contributed by atoms with E-state index in [1.165, 1.54) is 19.8 Å². The number of benzene rings is 1. The highest BCUT2D eigenvalue weighted by atomic mass is 31.2. The molecule has 2 rings (SSSR count). The van der Waals surface area contributed by atoms with Gasteiger partial charge in [0.05, 0.1) is 0 Å². The second-order valence-corrected chi connectivity index (χ2v) is 7.78. The summed E-state index contributed by atoms with van der Waals surface area (Å²) in [6.07, 6.45) is 1.85. The van der Waals surface area contributed by atoms with Crippen LogP contribution in [0.2, 0.25) is 0 Å². The van der Waals surface area contributed by atoms with Gasteiger partial charge in [-0.1, -0.05) is 30.3 Å². The molecule has 4 nitrogen and oxygen atoms in total. The highest BCUT2D eigenvalue weighted by Crippen LogP contribution is 2.64. The summed E-state index contributed by atoms with van der Waals surface area (Å²) in [4.78, 5) is 2.22. The molecule has 1 saturated heterocycles. The molecule has 0 radical (unpaired) electrons. The Bertz CT molecular complexity index is 457. The fraction of sp³-hybridized carbons (Fsp3) is 0.571. The standard InChI is InChI=1S/C14H22NO3P/c1-14(19(16,17-2)18-3)10-7-11-15(14)12-13-8-5-4-6-9-13/h4-6,8-9H,7,10-12H2,1-3H3. The molecule has 0 N–H and O–H groups in total.